The lowest BCUT2D eigenvalue weighted by molar-refractivity contribution is -0.126. The SMILES string of the molecule is COc1cccc([C@H]2[C@@H]3C(=O)N(c4ccccc4)C(=O)[C@H]3ON2c2ccccc2)c1OC. The van der Waals surface area contributed by atoms with E-state index in [1.54, 1.807) is 49.6 Å². The van der Waals surface area contributed by atoms with Gasteiger partial charge < -0.3 is 9.47 Å². The first-order valence-electron chi connectivity index (χ1n) is 10.3. The highest BCUT2D eigenvalue weighted by atomic mass is 16.7. The third-order valence-corrected chi connectivity index (χ3v) is 5.89. The maximum Gasteiger partial charge on any atom is 0.266 e. The standard InChI is InChI=1S/C25H22N2O5/c1-30-19-15-9-14-18(22(19)31-2)21-20-23(32-27(21)17-12-7-4-8-13-17)25(29)26(24(20)28)16-10-5-3-6-11-16/h3-15,20-21,23H,1-2H3/t20-,21-,23-/m0/s1. The molecule has 2 amide bonds. The molecular formula is C25H22N2O5. The van der Waals surface area contributed by atoms with Crippen LogP contribution in [0.25, 0.3) is 0 Å². The van der Waals surface area contributed by atoms with Crippen LogP contribution in [0.4, 0.5) is 11.4 Å². The molecule has 0 N–H and O–H groups in total. The normalized spacial score (nSPS) is 22.2. The van der Waals surface area contributed by atoms with Crippen LogP contribution >= 0.6 is 0 Å². The van der Waals surface area contributed by atoms with Gasteiger partial charge in [-0.15, -0.1) is 0 Å². The highest BCUT2D eigenvalue weighted by Crippen LogP contribution is 2.50. The smallest absolute Gasteiger partial charge is 0.266 e. The summed E-state index contributed by atoms with van der Waals surface area (Å²) >= 11 is 0. The Morgan fingerprint density at radius 2 is 1.41 bits per heavy atom. The van der Waals surface area contributed by atoms with Crippen LogP contribution in [-0.2, 0) is 14.4 Å². The molecule has 0 aromatic heterocycles. The third kappa shape index (κ3) is 3.01. The summed E-state index contributed by atoms with van der Waals surface area (Å²) in [5.74, 6) is -0.387. The molecule has 3 aromatic rings. The molecule has 0 radical (unpaired) electrons. The van der Waals surface area contributed by atoms with Crippen molar-refractivity contribution in [3.05, 3.63) is 84.4 Å². The van der Waals surface area contributed by atoms with E-state index >= 15 is 0 Å². The van der Waals surface area contributed by atoms with Crippen LogP contribution in [0, 0.1) is 5.92 Å². The van der Waals surface area contributed by atoms with E-state index in [0.29, 0.717) is 22.7 Å². The average Bonchev–Trinajstić information content (AvgIpc) is 3.35. The highest BCUT2D eigenvalue weighted by molar-refractivity contribution is 6.23. The molecule has 3 atom stereocenters. The number of amides is 2. The van der Waals surface area contributed by atoms with Crippen molar-refractivity contribution in [2.24, 2.45) is 5.92 Å². The molecule has 5 rings (SSSR count). The summed E-state index contributed by atoms with van der Waals surface area (Å²) in [4.78, 5) is 34.4. The Kier molecular flexibility index (Phi) is 5.03. The molecule has 2 aliphatic heterocycles. The topological polar surface area (TPSA) is 68.3 Å². The van der Waals surface area contributed by atoms with Gasteiger partial charge in [0.05, 0.1) is 25.6 Å². The van der Waals surface area contributed by atoms with Gasteiger partial charge in [0.1, 0.15) is 12.0 Å². The summed E-state index contributed by atoms with van der Waals surface area (Å²) in [6.45, 7) is 0. The van der Waals surface area contributed by atoms with Crippen LogP contribution in [0.15, 0.2) is 78.9 Å². The fraction of sp³-hybridized carbons (Fsp3) is 0.200. The lowest BCUT2D eigenvalue weighted by Crippen LogP contribution is -2.37. The van der Waals surface area contributed by atoms with E-state index in [9.17, 15) is 9.59 Å². The number of ether oxygens (including phenoxy) is 2. The average molecular weight is 430 g/mol. The fourth-order valence-corrected chi connectivity index (χ4v) is 4.51. The van der Waals surface area contributed by atoms with Crippen LogP contribution in [0.5, 0.6) is 11.5 Å². The Morgan fingerprint density at radius 1 is 0.750 bits per heavy atom. The van der Waals surface area contributed by atoms with Gasteiger partial charge >= 0.3 is 0 Å². The third-order valence-electron chi connectivity index (χ3n) is 5.89. The number of methoxy groups -OCH3 is 2. The summed E-state index contributed by atoms with van der Waals surface area (Å²) in [5, 5.41) is 1.64. The lowest BCUT2D eigenvalue weighted by atomic mass is 9.89. The van der Waals surface area contributed by atoms with Gasteiger partial charge in [0, 0.05) is 5.56 Å². The number of imide groups is 1. The van der Waals surface area contributed by atoms with E-state index in [-0.39, 0.29) is 11.8 Å². The molecule has 0 bridgehead atoms. The Labute approximate surface area is 185 Å². The van der Waals surface area contributed by atoms with Gasteiger partial charge in [-0.1, -0.05) is 48.5 Å². The first-order valence-corrected chi connectivity index (χ1v) is 10.3. The number of para-hydroxylation sites is 3. The van der Waals surface area contributed by atoms with Gasteiger partial charge in [-0.3, -0.25) is 14.4 Å². The quantitative estimate of drug-likeness (QED) is 0.575. The number of rotatable bonds is 5. The van der Waals surface area contributed by atoms with Crippen LogP contribution in [-0.4, -0.2) is 32.1 Å². The summed E-state index contributed by atoms with van der Waals surface area (Å²) < 4.78 is 11.1. The number of benzene rings is 3. The van der Waals surface area contributed by atoms with Gasteiger partial charge in [-0.25, -0.2) is 9.96 Å². The number of hydroxylamine groups is 1. The predicted molar refractivity (Wildman–Crippen MR) is 119 cm³/mol. The number of carbonyl (C=O) groups excluding carboxylic acids is 2. The summed E-state index contributed by atoms with van der Waals surface area (Å²) in [7, 11) is 3.12. The van der Waals surface area contributed by atoms with Crippen LogP contribution < -0.4 is 19.4 Å². The second-order valence-corrected chi connectivity index (χ2v) is 7.59. The van der Waals surface area contributed by atoms with E-state index < -0.39 is 18.1 Å². The molecule has 162 valence electrons. The van der Waals surface area contributed by atoms with Crippen molar-refractivity contribution < 1.29 is 23.9 Å². The number of hydrogen-bond acceptors (Lipinski definition) is 6. The highest BCUT2D eigenvalue weighted by Gasteiger charge is 2.60. The largest absolute Gasteiger partial charge is 0.493 e. The van der Waals surface area contributed by atoms with E-state index in [2.05, 4.69) is 0 Å². The lowest BCUT2D eigenvalue weighted by Gasteiger charge is -2.30. The Hall–Kier alpha value is -3.84. The summed E-state index contributed by atoms with van der Waals surface area (Å²) in [6.07, 6.45) is -0.941. The number of anilines is 2. The maximum atomic E-state index is 13.6. The number of nitrogens with zero attached hydrogens (tertiary/aromatic N) is 2. The fourth-order valence-electron chi connectivity index (χ4n) is 4.51. The molecule has 2 aliphatic rings. The Balaban J connectivity index is 1.65. The van der Waals surface area contributed by atoms with Gasteiger partial charge in [0.15, 0.2) is 17.6 Å². The molecule has 7 heteroatoms. The van der Waals surface area contributed by atoms with Gasteiger partial charge in [-0.05, 0) is 30.3 Å². The second-order valence-electron chi connectivity index (χ2n) is 7.59. The van der Waals surface area contributed by atoms with Crippen molar-refractivity contribution in [1.29, 1.82) is 0 Å². The maximum absolute atomic E-state index is 13.6. The minimum atomic E-state index is -0.941. The van der Waals surface area contributed by atoms with Gasteiger partial charge in [0.25, 0.3) is 5.91 Å². The zero-order chi connectivity index (χ0) is 22.2. The first kappa shape index (κ1) is 20.1. The molecule has 0 aliphatic carbocycles. The molecule has 2 fully saturated rings. The molecule has 0 spiro atoms. The van der Waals surface area contributed by atoms with Crippen molar-refractivity contribution in [2.45, 2.75) is 12.1 Å². The van der Waals surface area contributed by atoms with E-state index in [4.69, 9.17) is 14.3 Å². The predicted octanol–water partition coefficient (Wildman–Crippen LogP) is 3.75. The first-order chi connectivity index (χ1) is 15.7. The molecule has 3 aromatic carbocycles. The molecule has 0 unspecified atom stereocenters. The van der Waals surface area contributed by atoms with Crippen LogP contribution in [0.3, 0.4) is 0 Å². The van der Waals surface area contributed by atoms with E-state index in [1.165, 1.54) is 4.90 Å². The number of hydrogen-bond donors (Lipinski definition) is 0. The van der Waals surface area contributed by atoms with E-state index in [1.807, 2.05) is 48.5 Å². The van der Waals surface area contributed by atoms with Crippen molar-refractivity contribution in [3.63, 3.8) is 0 Å². The Bertz CT molecular complexity index is 1150. The Morgan fingerprint density at radius 3 is 2.03 bits per heavy atom. The second kappa shape index (κ2) is 8.01. The molecule has 0 saturated carbocycles. The van der Waals surface area contributed by atoms with Crippen LogP contribution in [0.2, 0.25) is 0 Å². The molecule has 32 heavy (non-hydrogen) atoms. The van der Waals surface area contributed by atoms with Crippen molar-refractivity contribution in [2.75, 3.05) is 24.2 Å². The zero-order valence-corrected chi connectivity index (χ0v) is 17.7. The molecular weight excluding hydrogens is 408 g/mol. The van der Waals surface area contributed by atoms with E-state index in [0.717, 1.165) is 5.69 Å². The molecule has 2 saturated heterocycles. The van der Waals surface area contributed by atoms with Crippen molar-refractivity contribution >= 4 is 23.2 Å². The van der Waals surface area contributed by atoms with Gasteiger partial charge in [-0.2, -0.15) is 0 Å². The number of fused-ring (bicyclic) bond motifs is 1. The molecule has 7 nitrogen and oxygen atoms in total. The van der Waals surface area contributed by atoms with Gasteiger partial charge in [0.2, 0.25) is 5.91 Å². The number of carbonyl (C=O) groups is 2. The van der Waals surface area contributed by atoms with Crippen molar-refractivity contribution in [1.82, 2.24) is 0 Å². The minimum Gasteiger partial charge on any atom is -0.493 e. The summed E-state index contributed by atoms with van der Waals surface area (Å²) in [6, 6.07) is 23.3. The van der Waals surface area contributed by atoms with Crippen molar-refractivity contribution in [3.8, 4) is 11.5 Å². The molecule has 2 heterocycles. The van der Waals surface area contributed by atoms with Crippen LogP contribution in [0.1, 0.15) is 11.6 Å². The zero-order valence-electron chi connectivity index (χ0n) is 17.7. The summed E-state index contributed by atoms with van der Waals surface area (Å²) in [5.41, 5.74) is 1.98. The monoisotopic (exact) mass is 430 g/mol. The minimum absolute atomic E-state index is 0.306.